The quantitative estimate of drug-likeness (QED) is 0.826. The molecule has 21 heavy (non-hydrogen) atoms. The van der Waals surface area contributed by atoms with Crippen LogP contribution in [0.1, 0.15) is 26.0 Å². The van der Waals surface area contributed by atoms with Crippen molar-refractivity contribution in [2.75, 3.05) is 25.6 Å². The van der Waals surface area contributed by atoms with Crippen molar-refractivity contribution < 1.29 is 9.47 Å². The molecule has 1 N–H and O–H groups in total. The SMILES string of the molecule is CCCOc1ccc(-c2sc(NC)nc2C)cc1OCC. The molecule has 2 aromatic rings. The summed E-state index contributed by atoms with van der Waals surface area (Å²) >= 11 is 1.64. The fraction of sp³-hybridized carbons (Fsp3) is 0.438. The van der Waals surface area contributed by atoms with E-state index >= 15 is 0 Å². The summed E-state index contributed by atoms with van der Waals surface area (Å²) in [7, 11) is 1.88. The molecule has 0 radical (unpaired) electrons. The van der Waals surface area contributed by atoms with Crippen LogP contribution >= 0.6 is 11.3 Å². The maximum absolute atomic E-state index is 5.74. The van der Waals surface area contributed by atoms with Crippen LogP contribution < -0.4 is 14.8 Å². The Bertz CT molecular complexity index is 596. The predicted molar refractivity (Wildman–Crippen MR) is 88.8 cm³/mol. The second-order valence-electron chi connectivity index (χ2n) is 4.63. The Morgan fingerprint density at radius 3 is 2.62 bits per heavy atom. The van der Waals surface area contributed by atoms with Gasteiger partial charge >= 0.3 is 0 Å². The molecule has 114 valence electrons. The highest BCUT2D eigenvalue weighted by Crippen LogP contribution is 2.37. The van der Waals surface area contributed by atoms with E-state index in [0.717, 1.165) is 39.2 Å². The number of nitrogens with zero attached hydrogens (tertiary/aromatic N) is 1. The highest BCUT2D eigenvalue weighted by Gasteiger charge is 2.12. The van der Waals surface area contributed by atoms with Crippen LogP contribution in [0.3, 0.4) is 0 Å². The Balaban J connectivity index is 2.35. The fourth-order valence-electron chi connectivity index (χ4n) is 2.02. The van der Waals surface area contributed by atoms with E-state index in [-0.39, 0.29) is 0 Å². The van der Waals surface area contributed by atoms with Crippen LogP contribution in [0.2, 0.25) is 0 Å². The summed E-state index contributed by atoms with van der Waals surface area (Å²) in [6, 6.07) is 6.08. The first-order chi connectivity index (χ1) is 10.2. The number of hydrogen-bond donors (Lipinski definition) is 1. The number of hydrogen-bond acceptors (Lipinski definition) is 5. The molecule has 0 saturated carbocycles. The number of benzene rings is 1. The molecule has 0 amide bonds. The lowest BCUT2D eigenvalue weighted by molar-refractivity contribution is 0.277. The van der Waals surface area contributed by atoms with E-state index in [2.05, 4.69) is 23.3 Å². The first-order valence-electron chi connectivity index (χ1n) is 7.24. The van der Waals surface area contributed by atoms with E-state index in [1.165, 1.54) is 0 Å². The Labute approximate surface area is 130 Å². The molecule has 0 aliphatic carbocycles. The smallest absolute Gasteiger partial charge is 0.183 e. The van der Waals surface area contributed by atoms with E-state index in [4.69, 9.17) is 9.47 Å². The van der Waals surface area contributed by atoms with Crippen molar-refractivity contribution in [1.29, 1.82) is 0 Å². The molecular formula is C16H22N2O2S. The fourth-order valence-corrected chi connectivity index (χ4v) is 2.94. The third-order valence-corrected chi connectivity index (χ3v) is 4.20. The summed E-state index contributed by atoms with van der Waals surface area (Å²) in [5, 5.41) is 4.01. The van der Waals surface area contributed by atoms with Gasteiger partial charge in [0.15, 0.2) is 16.6 Å². The van der Waals surface area contributed by atoms with E-state index in [1.54, 1.807) is 11.3 Å². The highest BCUT2D eigenvalue weighted by atomic mass is 32.1. The minimum Gasteiger partial charge on any atom is -0.490 e. The van der Waals surface area contributed by atoms with Gasteiger partial charge < -0.3 is 14.8 Å². The average Bonchev–Trinajstić information content (AvgIpc) is 2.87. The van der Waals surface area contributed by atoms with Crippen molar-refractivity contribution >= 4 is 16.5 Å². The number of aromatic nitrogens is 1. The van der Waals surface area contributed by atoms with Gasteiger partial charge in [0.25, 0.3) is 0 Å². The minimum absolute atomic E-state index is 0.620. The summed E-state index contributed by atoms with van der Waals surface area (Å²) in [6.07, 6.45) is 0.979. The van der Waals surface area contributed by atoms with Gasteiger partial charge in [-0.1, -0.05) is 18.3 Å². The second kappa shape index (κ2) is 7.31. The number of anilines is 1. The van der Waals surface area contributed by atoms with E-state index in [9.17, 15) is 0 Å². The third kappa shape index (κ3) is 3.67. The number of thiazole rings is 1. The van der Waals surface area contributed by atoms with Crippen molar-refractivity contribution in [3.8, 4) is 21.9 Å². The molecule has 0 bridgehead atoms. The lowest BCUT2D eigenvalue weighted by Gasteiger charge is -2.12. The van der Waals surface area contributed by atoms with Crippen molar-refractivity contribution in [2.24, 2.45) is 0 Å². The van der Waals surface area contributed by atoms with Crippen LogP contribution in [0.15, 0.2) is 18.2 Å². The summed E-state index contributed by atoms with van der Waals surface area (Å²) in [5.74, 6) is 1.60. The number of nitrogens with one attached hydrogen (secondary N) is 1. The van der Waals surface area contributed by atoms with Crippen LogP contribution in [0.5, 0.6) is 11.5 Å². The molecule has 0 atom stereocenters. The Hall–Kier alpha value is -1.75. The topological polar surface area (TPSA) is 43.4 Å². The zero-order chi connectivity index (χ0) is 15.2. The molecule has 4 nitrogen and oxygen atoms in total. The molecule has 0 unspecified atom stereocenters. The molecule has 0 aliphatic heterocycles. The van der Waals surface area contributed by atoms with Crippen LogP contribution in [0.4, 0.5) is 5.13 Å². The minimum atomic E-state index is 0.620. The van der Waals surface area contributed by atoms with Gasteiger partial charge in [-0.25, -0.2) is 4.98 Å². The standard InChI is InChI=1S/C16H22N2O2S/c1-5-9-20-13-8-7-12(10-14(13)19-6-2)15-11(3)18-16(17-4)21-15/h7-8,10H,5-6,9H2,1-4H3,(H,17,18). The van der Waals surface area contributed by atoms with Gasteiger partial charge in [-0.05, 0) is 44.0 Å². The van der Waals surface area contributed by atoms with Gasteiger partial charge in [0, 0.05) is 7.05 Å². The third-order valence-electron chi connectivity index (χ3n) is 2.98. The molecule has 0 spiro atoms. The Kier molecular flexibility index (Phi) is 5.44. The summed E-state index contributed by atoms with van der Waals surface area (Å²) in [5.41, 5.74) is 2.13. The number of rotatable bonds is 7. The molecule has 0 aliphatic rings. The van der Waals surface area contributed by atoms with Crippen molar-refractivity contribution in [1.82, 2.24) is 4.98 Å². The average molecular weight is 306 g/mol. The van der Waals surface area contributed by atoms with Crippen LogP contribution in [-0.4, -0.2) is 25.2 Å². The lowest BCUT2D eigenvalue weighted by atomic mass is 10.1. The van der Waals surface area contributed by atoms with Crippen LogP contribution in [-0.2, 0) is 0 Å². The number of aryl methyl sites for hydroxylation is 1. The first kappa shape index (κ1) is 15.6. The van der Waals surface area contributed by atoms with E-state index in [0.29, 0.717) is 13.2 Å². The van der Waals surface area contributed by atoms with Crippen molar-refractivity contribution in [3.05, 3.63) is 23.9 Å². The summed E-state index contributed by atoms with van der Waals surface area (Å²) in [4.78, 5) is 5.64. The molecule has 0 saturated heterocycles. The summed E-state index contributed by atoms with van der Waals surface area (Å²) < 4.78 is 11.4. The molecular weight excluding hydrogens is 284 g/mol. The van der Waals surface area contributed by atoms with Gasteiger partial charge in [0.1, 0.15) is 0 Å². The lowest BCUT2D eigenvalue weighted by Crippen LogP contribution is -2.00. The Morgan fingerprint density at radius 2 is 2.00 bits per heavy atom. The molecule has 5 heteroatoms. The predicted octanol–water partition coefficient (Wildman–Crippen LogP) is 4.35. The largest absolute Gasteiger partial charge is 0.490 e. The molecule has 0 fully saturated rings. The van der Waals surface area contributed by atoms with Gasteiger partial charge in [-0.3, -0.25) is 0 Å². The zero-order valence-electron chi connectivity index (χ0n) is 13.0. The molecule has 1 aromatic heterocycles. The summed E-state index contributed by atoms with van der Waals surface area (Å²) in [6.45, 7) is 7.41. The van der Waals surface area contributed by atoms with Crippen LogP contribution in [0, 0.1) is 6.92 Å². The maximum Gasteiger partial charge on any atom is 0.183 e. The molecule has 1 heterocycles. The highest BCUT2D eigenvalue weighted by molar-refractivity contribution is 7.19. The molecule has 1 aromatic carbocycles. The second-order valence-corrected chi connectivity index (χ2v) is 5.63. The van der Waals surface area contributed by atoms with Crippen LogP contribution in [0.25, 0.3) is 10.4 Å². The first-order valence-corrected chi connectivity index (χ1v) is 8.06. The Morgan fingerprint density at radius 1 is 1.19 bits per heavy atom. The van der Waals surface area contributed by atoms with Gasteiger partial charge in [0.2, 0.25) is 0 Å². The van der Waals surface area contributed by atoms with E-state index in [1.807, 2.05) is 33.0 Å². The number of ether oxygens (including phenoxy) is 2. The van der Waals surface area contributed by atoms with Gasteiger partial charge in [-0.2, -0.15) is 0 Å². The van der Waals surface area contributed by atoms with Gasteiger partial charge in [-0.15, -0.1) is 0 Å². The van der Waals surface area contributed by atoms with Gasteiger partial charge in [0.05, 0.1) is 23.8 Å². The maximum atomic E-state index is 5.74. The normalized spacial score (nSPS) is 10.5. The van der Waals surface area contributed by atoms with Crippen molar-refractivity contribution in [3.63, 3.8) is 0 Å². The monoisotopic (exact) mass is 306 g/mol. The molecule has 2 rings (SSSR count). The van der Waals surface area contributed by atoms with Crippen molar-refractivity contribution in [2.45, 2.75) is 27.2 Å². The van der Waals surface area contributed by atoms with E-state index < -0.39 is 0 Å². The zero-order valence-corrected chi connectivity index (χ0v) is 13.8.